The number of benzene rings is 2. The van der Waals surface area contributed by atoms with Crippen LogP contribution in [-0.4, -0.2) is 57.7 Å². The number of carbonyl (C=O) groups is 2. The minimum absolute atomic E-state index is 0.0775. The van der Waals surface area contributed by atoms with E-state index in [-0.39, 0.29) is 18.4 Å². The topological polar surface area (TPSA) is 70.1 Å². The van der Waals surface area contributed by atoms with Crippen LogP contribution in [0.3, 0.4) is 0 Å². The Morgan fingerprint density at radius 1 is 1.21 bits per heavy atom. The number of aliphatic hydroxyl groups excluding tert-OH is 1. The number of halogens is 1. The molecule has 0 spiro atoms. The molecule has 2 aromatic carbocycles. The average molecular weight is 529 g/mol. The third-order valence-corrected chi connectivity index (χ3v) is 7.17. The molecule has 2 amide bonds. The van der Waals surface area contributed by atoms with Gasteiger partial charge in [0.05, 0.1) is 12.1 Å². The van der Waals surface area contributed by atoms with Crippen LogP contribution in [0.5, 0.6) is 0 Å². The summed E-state index contributed by atoms with van der Waals surface area (Å²) in [7, 11) is 0. The van der Waals surface area contributed by atoms with E-state index in [1.165, 1.54) is 0 Å². The van der Waals surface area contributed by atoms with Crippen molar-refractivity contribution in [2.45, 2.75) is 70.7 Å². The van der Waals surface area contributed by atoms with Crippen LogP contribution in [0.2, 0.25) is 0 Å². The number of aliphatic hydroxyl groups is 1. The van der Waals surface area contributed by atoms with Gasteiger partial charge in [0.15, 0.2) is 0 Å². The lowest BCUT2D eigenvalue weighted by atomic mass is 9.86. The van der Waals surface area contributed by atoms with Gasteiger partial charge in [-0.15, -0.1) is 0 Å². The van der Waals surface area contributed by atoms with Crippen LogP contribution in [0, 0.1) is 0 Å². The summed E-state index contributed by atoms with van der Waals surface area (Å²) in [6, 6.07) is 13.2. The van der Waals surface area contributed by atoms with Gasteiger partial charge in [-0.05, 0) is 68.5 Å². The van der Waals surface area contributed by atoms with Crippen LogP contribution < -0.4 is 0 Å². The smallest absolute Gasteiger partial charge is 0.410 e. The number of fused-ring (bicyclic) bond motifs is 2. The summed E-state index contributed by atoms with van der Waals surface area (Å²) in [5.74, 6) is 0.123. The zero-order valence-corrected chi connectivity index (χ0v) is 21.8. The van der Waals surface area contributed by atoms with Gasteiger partial charge < -0.3 is 14.7 Å². The lowest BCUT2D eigenvalue weighted by Gasteiger charge is -2.42. The Bertz CT molecular complexity index is 1080. The van der Waals surface area contributed by atoms with E-state index in [2.05, 4.69) is 22.9 Å². The zero-order valence-electron chi connectivity index (χ0n) is 20.3. The number of β-amino-alcohol motifs (C(OH)–C–C–N with tert-alkyl or cyclic N) is 1. The number of carbonyl (C=O) groups excluding carboxylic acids is 2. The largest absolute Gasteiger partial charge is 0.444 e. The molecule has 0 saturated heterocycles. The van der Waals surface area contributed by atoms with E-state index in [1.54, 1.807) is 9.80 Å². The maximum absolute atomic E-state index is 13.3. The van der Waals surface area contributed by atoms with Crippen molar-refractivity contribution in [3.63, 3.8) is 0 Å². The molecule has 1 N–H and O–H groups in total. The minimum Gasteiger partial charge on any atom is -0.444 e. The standard InChI is InChI=1S/C27H33BrN2O4/c1-5-17-14-29(25(32)21-11-10-20(28)13-22(17)21)16-24(31)23-12-18-8-6-7-9-19(18)15-30(23)26(33)34-27(2,3)4/h6-11,13,17,23-24,31H,5,12,14-16H2,1-4H3/t17?,23-,24?/m0/s1. The van der Waals surface area contributed by atoms with E-state index >= 15 is 0 Å². The molecule has 2 aliphatic heterocycles. The lowest BCUT2D eigenvalue weighted by Crippen LogP contribution is -2.55. The van der Waals surface area contributed by atoms with Crippen LogP contribution in [0.15, 0.2) is 46.9 Å². The fraction of sp³-hybridized carbons (Fsp3) is 0.481. The van der Waals surface area contributed by atoms with Crippen LogP contribution >= 0.6 is 15.9 Å². The SMILES string of the molecule is CCC1CN(CC(O)[C@@H]2Cc3ccccc3CN2C(=O)OC(C)(C)C)C(=O)c2ccc(Br)cc21. The van der Waals surface area contributed by atoms with E-state index in [4.69, 9.17) is 4.74 Å². The highest BCUT2D eigenvalue weighted by molar-refractivity contribution is 9.10. The summed E-state index contributed by atoms with van der Waals surface area (Å²) in [6.45, 7) is 8.70. The second-order valence-electron chi connectivity index (χ2n) is 10.3. The predicted molar refractivity (Wildman–Crippen MR) is 135 cm³/mol. The first-order valence-electron chi connectivity index (χ1n) is 11.9. The second-order valence-corrected chi connectivity index (χ2v) is 11.2. The molecular formula is C27H33BrN2O4. The summed E-state index contributed by atoms with van der Waals surface area (Å²) in [6.07, 6.45) is 0.0563. The van der Waals surface area contributed by atoms with Gasteiger partial charge in [0.25, 0.3) is 5.91 Å². The Kier molecular flexibility index (Phi) is 7.06. The second kappa shape index (κ2) is 9.70. The quantitative estimate of drug-likeness (QED) is 0.597. The molecule has 0 saturated carbocycles. The summed E-state index contributed by atoms with van der Waals surface area (Å²) < 4.78 is 6.62. The maximum Gasteiger partial charge on any atom is 0.410 e. The van der Waals surface area contributed by atoms with Crippen molar-refractivity contribution in [3.8, 4) is 0 Å². The Morgan fingerprint density at radius 2 is 1.91 bits per heavy atom. The number of hydrogen-bond donors (Lipinski definition) is 1. The van der Waals surface area contributed by atoms with E-state index in [0.29, 0.717) is 25.1 Å². The molecule has 3 atom stereocenters. The molecule has 0 radical (unpaired) electrons. The van der Waals surface area contributed by atoms with Gasteiger partial charge in [-0.3, -0.25) is 9.69 Å². The maximum atomic E-state index is 13.3. The lowest BCUT2D eigenvalue weighted by molar-refractivity contribution is -0.0185. The van der Waals surface area contributed by atoms with Gasteiger partial charge in [0.2, 0.25) is 0 Å². The van der Waals surface area contributed by atoms with Crippen LogP contribution in [0.4, 0.5) is 4.79 Å². The Morgan fingerprint density at radius 3 is 2.59 bits per heavy atom. The third-order valence-electron chi connectivity index (χ3n) is 6.67. The fourth-order valence-corrected chi connectivity index (χ4v) is 5.33. The van der Waals surface area contributed by atoms with Gasteiger partial charge >= 0.3 is 6.09 Å². The minimum atomic E-state index is -0.903. The number of hydrogen-bond acceptors (Lipinski definition) is 4. The third kappa shape index (κ3) is 5.15. The highest BCUT2D eigenvalue weighted by Gasteiger charge is 2.39. The molecule has 34 heavy (non-hydrogen) atoms. The number of ether oxygens (including phenoxy) is 1. The molecular weight excluding hydrogens is 496 g/mol. The van der Waals surface area contributed by atoms with Crippen molar-refractivity contribution in [2.75, 3.05) is 13.1 Å². The van der Waals surface area contributed by atoms with E-state index in [1.807, 2.05) is 63.2 Å². The van der Waals surface area contributed by atoms with E-state index < -0.39 is 23.8 Å². The summed E-state index contributed by atoms with van der Waals surface area (Å²) >= 11 is 3.51. The van der Waals surface area contributed by atoms with Gasteiger partial charge in [-0.1, -0.05) is 47.1 Å². The molecule has 2 unspecified atom stereocenters. The molecule has 2 aliphatic rings. The number of amides is 2. The average Bonchev–Trinajstić information content (AvgIpc) is 2.78. The molecule has 6 nitrogen and oxygen atoms in total. The first-order valence-corrected chi connectivity index (χ1v) is 12.7. The van der Waals surface area contributed by atoms with E-state index in [0.717, 1.165) is 27.6 Å². The van der Waals surface area contributed by atoms with Gasteiger partial charge in [-0.25, -0.2) is 4.79 Å². The van der Waals surface area contributed by atoms with Crippen LogP contribution in [-0.2, 0) is 17.7 Å². The van der Waals surface area contributed by atoms with Crippen molar-refractivity contribution < 1.29 is 19.4 Å². The molecule has 2 aromatic rings. The van der Waals surface area contributed by atoms with Crippen molar-refractivity contribution in [2.24, 2.45) is 0 Å². The van der Waals surface area contributed by atoms with Gasteiger partial charge in [0.1, 0.15) is 5.60 Å². The Balaban J connectivity index is 1.58. The molecule has 182 valence electrons. The molecule has 0 fully saturated rings. The highest BCUT2D eigenvalue weighted by Crippen LogP contribution is 2.34. The zero-order chi connectivity index (χ0) is 24.6. The first-order chi connectivity index (χ1) is 16.1. The number of nitrogens with zero attached hydrogens (tertiary/aromatic N) is 2. The summed E-state index contributed by atoms with van der Waals surface area (Å²) in [4.78, 5) is 29.8. The van der Waals surface area contributed by atoms with Gasteiger partial charge in [0, 0.05) is 35.6 Å². The first kappa shape index (κ1) is 24.7. The Hall–Kier alpha value is -2.38. The van der Waals surface area contributed by atoms with Crippen molar-refractivity contribution in [1.82, 2.24) is 9.80 Å². The normalized spacial score (nSPS) is 21.1. The molecule has 2 heterocycles. The molecule has 0 bridgehead atoms. The monoisotopic (exact) mass is 528 g/mol. The van der Waals surface area contributed by atoms with E-state index in [9.17, 15) is 14.7 Å². The molecule has 0 aromatic heterocycles. The van der Waals surface area contributed by atoms with Crippen molar-refractivity contribution in [1.29, 1.82) is 0 Å². The number of rotatable bonds is 4. The molecule has 7 heteroatoms. The fourth-order valence-electron chi connectivity index (χ4n) is 4.95. The predicted octanol–water partition coefficient (Wildman–Crippen LogP) is 5.12. The Labute approximate surface area is 210 Å². The van der Waals surface area contributed by atoms with Crippen LogP contribution in [0.25, 0.3) is 0 Å². The highest BCUT2D eigenvalue weighted by atomic mass is 79.9. The van der Waals surface area contributed by atoms with Crippen molar-refractivity contribution in [3.05, 3.63) is 69.2 Å². The van der Waals surface area contributed by atoms with Crippen LogP contribution in [0.1, 0.15) is 67.1 Å². The van der Waals surface area contributed by atoms with Gasteiger partial charge in [-0.2, -0.15) is 0 Å². The van der Waals surface area contributed by atoms with Crippen molar-refractivity contribution >= 4 is 27.9 Å². The summed E-state index contributed by atoms with van der Waals surface area (Å²) in [5.41, 5.74) is 3.26. The molecule has 4 rings (SSSR count). The summed E-state index contributed by atoms with van der Waals surface area (Å²) in [5, 5.41) is 11.4. The molecule has 0 aliphatic carbocycles.